The molecule has 0 saturated carbocycles. The second-order valence-electron chi connectivity index (χ2n) is 5.92. The number of esters is 1. The lowest BCUT2D eigenvalue weighted by molar-refractivity contribution is -0.210. The van der Waals surface area contributed by atoms with Gasteiger partial charge in [-0.05, 0) is 30.2 Å². The van der Waals surface area contributed by atoms with Gasteiger partial charge in [-0.2, -0.15) is 26.3 Å². The van der Waals surface area contributed by atoms with Crippen molar-refractivity contribution < 1.29 is 40.7 Å². The Morgan fingerprint density at radius 2 is 1.88 bits per heavy atom. The number of halogens is 6. The molecule has 5 nitrogen and oxygen atoms in total. The Labute approximate surface area is 142 Å². The first-order valence-corrected chi connectivity index (χ1v) is 7.51. The second-order valence-corrected chi connectivity index (χ2v) is 5.92. The lowest BCUT2D eigenvalue weighted by Crippen LogP contribution is -2.63. The number of nitrogens with zero attached hydrogens (tertiary/aromatic N) is 1. The monoisotopic (exact) mass is 382 g/mol. The number of nitrogens with one attached hydrogen (secondary N) is 1. The molecule has 3 rings (SSSR count). The van der Waals surface area contributed by atoms with E-state index in [9.17, 15) is 35.9 Å². The fourth-order valence-corrected chi connectivity index (χ4v) is 3.09. The van der Waals surface area contributed by atoms with Gasteiger partial charge in [0.15, 0.2) is 6.23 Å². The van der Waals surface area contributed by atoms with Crippen molar-refractivity contribution in [3.8, 4) is 0 Å². The highest BCUT2D eigenvalue weighted by atomic mass is 19.4. The zero-order valence-corrected chi connectivity index (χ0v) is 12.9. The molecular weight excluding hydrogens is 370 g/mol. The molecule has 1 aromatic rings. The van der Waals surface area contributed by atoms with Crippen molar-refractivity contribution in [3.63, 3.8) is 0 Å². The number of hydrogen-bond donors (Lipinski definition) is 1. The minimum Gasteiger partial charge on any atom is -0.438 e. The minimum atomic E-state index is -5.22. The Kier molecular flexibility index (Phi) is 4.37. The van der Waals surface area contributed by atoms with Gasteiger partial charge < -0.3 is 9.64 Å². The number of amides is 1. The molecule has 2 aliphatic rings. The van der Waals surface area contributed by atoms with Gasteiger partial charge in [0.05, 0.1) is 11.6 Å². The third-order valence-electron chi connectivity index (χ3n) is 4.27. The molecule has 0 bridgehead atoms. The molecule has 0 spiro atoms. The van der Waals surface area contributed by atoms with E-state index in [-0.39, 0.29) is 30.6 Å². The van der Waals surface area contributed by atoms with E-state index >= 15 is 0 Å². The zero-order chi connectivity index (χ0) is 19.3. The molecule has 2 atom stereocenters. The van der Waals surface area contributed by atoms with Crippen LogP contribution in [0.4, 0.5) is 26.3 Å². The van der Waals surface area contributed by atoms with Crippen LogP contribution < -0.4 is 5.32 Å². The molecule has 26 heavy (non-hydrogen) atoms. The molecule has 2 aliphatic heterocycles. The van der Waals surface area contributed by atoms with Crippen molar-refractivity contribution in [2.75, 3.05) is 13.1 Å². The van der Waals surface area contributed by atoms with Crippen molar-refractivity contribution in [1.82, 2.24) is 10.2 Å². The summed E-state index contributed by atoms with van der Waals surface area (Å²) in [6.45, 7) is 0.206. The summed E-state index contributed by atoms with van der Waals surface area (Å²) in [5.41, 5.74) is -0.870. The lowest BCUT2D eigenvalue weighted by atomic mass is 9.89. The largest absolute Gasteiger partial charge is 0.490 e. The van der Waals surface area contributed by atoms with E-state index in [2.05, 4.69) is 10.1 Å². The van der Waals surface area contributed by atoms with E-state index in [4.69, 9.17) is 0 Å². The van der Waals surface area contributed by atoms with E-state index in [0.717, 1.165) is 18.2 Å². The first-order valence-electron chi connectivity index (χ1n) is 7.51. The summed E-state index contributed by atoms with van der Waals surface area (Å²) in [5.74, 6) is -3.04. The number of carbonyl (C=O) groups excluding carboxylic acids is 2. The normalized spacial score (nSPS) is 23.3. The second kappa shape index (κ2) is 6.15. The molecule has 1 aromatic carbocycles. The van der Waals surface area contributed by atoms with Crippen LogP contribution >= 0.6 is 0 Å². The van der Waals surface area contributed by atoms with Gasteiger partial charge in [0.25, 0.3) is 5.91 Å². The molecule has 1 fully saturated rings. The highest BCUT2D eigenvalue weighted by molar-refractivity contribution is 5.97. The van der Waals surface area contributed by atoms with Gasteiger partial charge in [-0.1, -0.05) is 0 Å². The van der Waals surface area contributed by atoms with E-state index < -0.39 is 42.1 Å². The van der Waals surface area contributed by atoms with Gasteiger partial charge in [-0.3, -0.25) is 10.1 Å². The Morgan fingerprint density at radius 1 is 1.19 bits per heavy atom. The van der Waals surface area contributed by atoms with Crippen LogP contribution in [0.3, 0.4) is 0 Å². The highest BCUT2D eigenvalue weighted by Gasteiger charge is 2.47. The summed E-state index contributed by atoms with van der Waals surface area (Å²) in [6, 6.07) is 1.59. The molecule has 2 heterocycles. The van der Waals surface area contributed by atoms with Crippen LogP contribution in [-0.2, 0) is 22.1 Å². The van der Waals surface area contributed by atoms with Crippen molar-refractivity contribution in [3.05, 3.63) is 34.9 Å². The highest BCUT2D eigenvalue weighted by Crippen LogP contribution is 2.34. The molecule has 1 amide bonds. The Morgan fingerprint density at radius 3 is 2.50 bits per heavy atom. The van der Waals surface area contributed by atoms with Gasteiger partial charge in [0, 0.05) is 18.7 Å². The Balaban J connectivity index is 1.91. The smallest absolute Gasteiger partial charge is 0.438 e. The van der Waals surface area contributed by atoms with Crippen LogP contribution in [0, 0.1) is 0 Å². The van der Waals surface area contributed by atoms with Gasteiger partial charge >= 0.3 is 18.3 Å². The number of fused-ring (bicyclic) bond motifs is 2. The van der Waals surface area contributed by atoms with Crippen LogP contribution in [0.2, 0.25) is 0 Å². The number of hydrogen-bond acceptors (Lipinski definition) is 4. The average molecular weight is 382 g/mol. The molecule has 0 aromatic heterocycles. The topological polar surface area (TPSA) is 58.6 Å². The van der Waals surface area contributed by atoms with Crippen LogP contribution in [0.25, 0.3) is 0 Å². The maximum atomic E-state index is 12.9. The summed E-state index contributed by atoms with van der Waals surface area (Å²) in [7, 11) is 0. The number of piperazine rings is 1. The van der Waals surface area contributed by atoms with Crippen molar-refractivity contribution in [1.29, 1.82) is 0 Å². The lowest BCUT2D eigenvalue weighted by Gasteiger charge is -2.44. The summed E-state index contributed by atoms with van der Waals surface area (Å²) >= 11 is 0. The molecule has 1 N–H and O–H groups in total. The molecule has 142 valence electrons. The van der Waals surface area contributed by atoms with Crippen LogP contribution in [-0.4, -0.2) is 48.3 Å². The van der Waals surface area contributed by atoms with E-state index in [1.807, 2.05) is 0 Å². The fourth-order valence-electron chi connectivity index (χ4n) is 3.09. The molecule has 0 radical (unpaired) electrons. The van der Waals surface area contributed by atoms with Crippen molar-refractivity contribution in [2.24, 2.45) is 0 Å². The first kappa shape index (κ1) is 18.5. The summed E-state index contributed by atoms with van der Waals surface area (Å²) in [4.78, 5) is 24.8. The van der Waals surface area contributed by atoms with Crippen LogP contribution in [0.5, 0.6) is 0 Å². The predicted molar refractivity (Wildman–Crippen MR) is 73.9 cm³/mol. The van der Waals surface area contributed by atoms with E-state index in [0.29, 0.717) is 0 Å². The molecule has 2 unspecified atom stereocenters. The minimum absolute atomic E-state index is 0.0443. The van der Waals surface area contributed by atoms with Gasteiger partial charge in [-0.25, -0.2) is 4.79 Å². The maximum absolute atomic E-state index is 12.9. The molecule has 11 heteroatoms. The number of rotatable bonds is 1. The van der Waals surface area contributed by atoms with E-state index in [1.165, 1.54) is 4.90 Å². The SMILES string of the molecule is O=C1c2ccc(C(F)(F)F)cc2CC2C(OC(=O)C(F)(F)F)NCCN12. The van der Waals surface area contributed by atoms with Gasteiger partial charge in [0.2, 0.25) is 0 Å². The summed E-state index contributed by atoms with van der Waals surface area (Å²) in [5, 5.41) is 2.56. The summed E-state index contributed by atoms with van der Waals surface area (Å²) in [6.07, 6.45) is -11.5. The molecule has 1 saturated heterocycles. The average Bonchev–Trinajstić information content (AvgIpc) is 2.53. The third kappa shape index (κ3) is 3.35. The number of ether oxygens (including phenoxy) is 1. The predicted octanol–water partition coefficient (Wildman–Crippen LogP) is 2.11. The van der Waals surface area contributed by atoms with Crippen molar-refractivity contribution in [2.45, 2.75) is 31.0 Å². The van der Waals surface area contributed by atoms with Gasteiger partial charge in [0.1, 0.15) is 0 Å². The summed E-state index contributed by atoms with van der Waals surface area (Å²) < 4.78 is 80.3. The van der Waals surface area contributed by atoms with Gasteiger partial charge in [-0.15, -0.1) is 0 Å². The first-order chi connectivity index (χ1) is 12.0. The van der Waals surface area contributed by atoms with E-state index in [1.54, 1.807) is 0 Å². The number of benzene rings is 1. The van der Waals surface area contributed by atoms with Crippen LogP contribution in [0.1, 0.15) is 21.5 Å². The number of alkyl halides is 6. The zero-order valence-electron chi connectivity index (χ0n) is 12.9. The quantitative estimate of drug-likeness (QED) is 0.597. The Hall–Kier alpha value is -2.30. The van der Waals surface area contributed by atoms with Crippen molar-refractivity contribution >= 4 is 11.9 Å². The molecular formula is C15H12F6N2O3. The Bertz CT molecular complexity index is 746. The maximum Gasteiger partial charge on any atom is 0.490 e. The number of carbonyl (C=O) groups is 2. The third-order valence-corrected chi connectivity index (χ3v) is 4.27. The standard InChI is InChI=1S/C15H12F6N2O3/c16-14(17,18)8-1-2-9-7(5-8)6-10-11(26-13(25)15(19,20)21)22-3-4-23(10)12(9)24/h1-2,5,10-11,22H,3-4,6H2. The fraction of sp³-hybridized carbons (Fsp3) is 0.467. The molecule has 0 aliphatic carbocycles. The van der Waals surface area contributed by atoms with Crippen LogP contribution in [0.15, 0.2) is 18.2 Å².